The molecule has 0 unspecified atom stereocenters. The Morgan fingerprint density at radius 1 is 1.10 bits per heavy atom. The number of halogens is 2. The largest absolute Gasteiger partial charge is 0.340 e. The fourth-order valence-electron chi connectivity index (χ4n) is 1.75. The van der Waals surface area contributed by atoms with Gasteiger partial charge in [0.05, 0.1) is 5.39 Å². The van der Waals surface area contributed by atoms with Crippen LogP contribution >= 0.6 is 23.1 Å². The highest BCUT2D eigenvalue weighted by Crippen LogP contribution is 2.29. The topological polar surface area (TPSA) is 37.8 Å². The van der Waals surface area contributed by atoms with Crippen LogP contribution in [-0.2, 0) is 0 Å². The summed E-state index contributed by atoms with van der Waals surface area (Å²) in [6.07, 6.45) is 1.50. The van der Waals surface area contributed by atoms with E-state index >= 15 is 0 Å². The van der Waals surface area contributed by atoms with Crippen molar-refractivity contribution in [2.45, 2.75) is 10.7 Å². The molecule has 0 bridgehead atoms. The van der Waals surface area contributed by atoms with Gasteiger partial charge in [-0.05, 0) is 35.7 Å². The lowest BCUT2D eigenvalue weighted by molar-refractivity contribution is 0.252. The molecule has 2 heterocycles. The molecule has 0 atom stereocenters. The number of anilines is 2. The number of thioether (sulfide) groups is 1. The summed E-state index contributed by atoms with van der Waals surface area (Å²) in [6, 6.07) is 8.77. The van der Waals surface area contributed by atoms with E-state index in [9.17, 15) is 8.78 Å². The number of alkyl halides is 2. The number of nitrogens with zero attached hydrogens (tertiary/aromatic N) is 2. The lowest BCUT2D eigenvalue weighted by atomic mass is 10.3. The standard InChI is InChI=1S/C13H9F2N3S2/c14-13(15)20-9-3-1-8(2-4-9)18-11-10-5-6-19-12(10)17-7-16-11/h1-7,13H,(H,16,17,18). The Morgan fingerprint density at radius 3 is 2.65 bits per heavy atom. The van der Waals surface area contributed by atoms with Crippen molar-refractivity contribution in [3.63, 3.8) is 0 Å². The lowest BCUT2D eigenvalue weighted by Gasteiger charge is -2.07. The van der Waals surface area contributed by atoms with E-state index in [1.807, 2.05) is 11.4 Å². The highest BCUT2D eigenvalue weighted by Gasteiger charge is 2.07. The van der Waals surface area contributed by atoms with Gasteiger partial charge in [0.1, 0.15) is 17.0 Å². The first kappa shape index (κ1) is 13.3. The average molecular weight is 309 g/mol. The maximum absolute atomic E-state index is 12.2. The molecule has 3 nitrogen and oxygen atoms in total. The van der Waals surface area contributed by atoms with Gasteiger partial charge < -0.3 is 5.32 Å². The summed E-state index contributed by atoms with van der Waals surface area (Å²) in [5.74, 6) is -1.69. The van der Waals surface area contributed by atoms with E-state index in [4.69, 9.17) is 0 Å². The molecule has 0 aliphatic rings. The molecular weight excluding hydrogens is 300 g/mol. The Hall–Kier alpha value is -1.73. The molecule has 0 amide bonds. The van der Waals surface area contributed by atoms with Crippen LogP contribution in [0.15, 0.2) is 46.9 Å². The Labute approximate surface area is 122 Å². The molecule has 0 saturated heterocycles. The molecule has 0 spiro atoms. The summed E-state index contributed by atoms with van der Waals surface area (Å²) in [5, 5.41) is 6.07. The maximum atomic E-state index is 12.2. The van der Waals surface area contributed by atoms with E-state index in [1.54, 1.807) is 35.6 Å². The van der Waals surface area contributed by atoms with E-state index in [2.05, 4.69) is 15.3 Å². The molecule has 7 heteroatoms. The number of fused-ring (bicyclic) bond motifs is 1. The molecule has 0 fully saturated rings. The third kappa shape index (κ3) is 2.88. The Balaban J connectivity index is 1.82. The number of thiophene rings is 1. The van der Waals surface area contributed by atoms with Crippen molar-refractivity contribution in [1.29, 1.82) is 0 Å². The minimum absolute atomic E-state index is 0.532. The second-order valence-electron chi connectivity index (χ2n) is 3.89. The highest BCUT2D eigenvalue weighted by molar-refractivity contribution is 7.99. The van der Waals surface area contributed by atoms with Crippen LogP contribution in [0, 0.1) is 0 Å². The monoisotopic (exact) mass is 309 g/mol. The fourth-order valence-corrected chi connectivity index (χ4v) is 2.98. The van der Waals surface area contributed by atoms with Crippen molar-refractivity contribution in [3.05, 3.63) is 42.0 Å². The van der Waals surface area contributed by atoms with E-state index in [0.717, 1.165) is 15.9 Å². The SMILES string of the molecule is FC(F)Sc1ccc(Nc2ncnc3sccc23)cc1. The first-order chi connectivity index (χ1) is 9.72. The molecule has 1 aromatic carbocycles. The number of rotatable bonds is 4. The third-order valence-electron chi connectivity index (χ3n) is 2.60. The first-order valence-corrected chi connectivity index (χ1v) is 7.48. The van der Waals surface area contributed by atoms with Gasteiger partial charge in [-0.3, -0.25) is 0 Å². The van der Waals surface area contributed by atoms with E-state index in [1.165, 1.54) is 6.33 Å². The predicted octanol–water partition coefficient (Wildman–Crippen LogP) is 4.75. The maximum Gasteiger partial charge on any atom is 0.288 e. The van der Waals surface area contributed by atoms with Gasteiger partial charge in [0.15, 0.2) is 0 Å². The van der Waals surface area contributed by atoms with E-state index in [0.29, 0.717) is 22.5 Å². The number of nitrogens with one attached hydrogen (secondary N) is 1. The number of benzene rings is 1. The second kappa shape index (κ2) is 5.72. The van der Waals surface area contributed by atoms with Crippen molar-refractivity contribution in [1.82, 2.24) is 9.97 Å². The normalized spacial score (nSPS) is 11.2. The molecule has 3 rings (SSSR count). The molecule has 0 aliphatic heterocycles. The smallest absolute Gasteiger partial charge is 0.288 e. The summed E-state index contributed by atoms with van der Waals surface area (Å²) in [6.45, 7) is 0. The van der Waals surface area contributed by atoms with Crippen molar-refractivity contribution < 1.29 is 8.78 Å². The van der Waals surface area contributed by atoms with Gasteiger partial charge in [-0.1, -0.05) is 11.8 Å². The number of aromatic nitrogens is 2. The summed E-state index contributed by atoms with van der Waals surface area (Å²) in [7, 11) is 0. The molecule has 1 N–H and O–H groups in total. The molecule has 0 aliphatic carbocycles. The van der Waals surface area contributed by atoms with Gasteiger partial charge in [-0.2, -0.15) is 8.78 Å². The highest BCUT2D eigenvalue weighted by atomic mass is 32.2. The lowest BCUT2D eigenvalue weighted by Crippen LogP contribution is -1.94. The fraction of sp³-hybridized carbons (Fsp3) is 0.0769. The summed E-state index contributed by atoms with van der Waals surface area (Å²) < 4.78 is 24.5. The van der Waals surface area contributed by atoms with Gasteiger partial charge in [0.25, 0.3) is 5.76 Å². The molecule has 20 heavy (non-hydrogen) atoms. The summed E-state index contributed by atoms with van der Waals surface area (Å²) in [4.78, 5) is 9.82. The van der Waals surface area contributed by atoms with Crippen LogP contribution in [0.5, 0.6) is 0 Å². The van der Waals surface area contributed by atoms with Crippen molar-refractivity contribution in [3.8, 4) is 0 Å². The first-order valence-electron chi connectivity index (χ1n) is 5.72. The van der Waals surface area contributed by atoms with Gasteiger partial charge in [-0.25, -0.2) is 9.97 Å². The Kier molecular flexibility index (Phi) is 3.79. The van der Waals surface area contributed by atoms with Crippen LogP contribution in [-0.4, -0.2) is 15.7 Å². The quantitative estimate of drug-likeness (QED) is 0.706. The van der Waals surface area contributed by atoms with Crippen LogP contribution in [0.3, 0.4) is 0 Å². The second-order valence-corrected chi connectivity index (χ2v) is 5.85. The molecule has 102 valence electrons. The number of hydrogen-bond acceptors (Lipinski definition) is 5. The summed E-state index contributed by atoms with van der Waals surface area (Å²) >= 11 is 2.08. The number of hydrogen-bond donors (Lipinski definition) is 1. The van der Waals surface area contributed by atoms with Crippen molar-refractivity contribution >= 4 is 44.8 Å². The zero-order valence-electron chi connectivity index (χ0n) is 10.1. The van der Waals surface area contributed by atoms with Crippen LogP contribution < -0.4 is 5.32 Å². The zero-order chi connectivity index (χ0) is 13.9. The Morgan fingerprint density at radius 2 is 1.90 bits per heavy atom. The predicted molar refractivity (Wildman–Crippen MR) is 79.0 cm³/mol. The third-order valence-corrected chi connectivity index (χ3v) is 4.15. The molecular formula is C13H9F2N3S2. The summed E-state index contributed by atoms with van der Waals surface area (Å²) in [5.41, 5.74) is 0.801. The van der Waals surface area contributed by atoms with Crippen LogP contribution in [0.25, 0.3) is 10.2 Å². The van der Waals surface area contributed by atoms with Crippen molar-refractivity contribution in [2.75, 3.05) is 5.32 Å². The molecule has 0 radical (unpaired) electrons. The van der Waals surface area contributed by atoms with Crippen LogP contribution in [0.4, 0.5) is 20.3 Å². The van der Waals surface area contributed by atoms with Gasteiger partial charge >= 0.3 is 0 Å². The van der Waals surface area contributed by atoms with Crippen LogP contribution in [0.2, 0.25) is 0 Å². The van der Waals surface area contributed by atoms with Gasteiger partial charge in [0, 0.05) is 10.6 Å². The average Bonchev–Trinajstić information content (AvgIpc) is 2.90. The van der Waals surface area contributed by atoms with E-state index in [-0.39, 0.29) is 0 Å². The molecule has 3 aromatic rings. The minimum Gasteiger partial charge on any atom is -0.340 e. The van der Waals surface area contributed by atoms with Gasteiger partial charge in [-0.15, -0.1) is 11.3 Å². The molecule has 2 aromatic heterocycles. The molecule has 0 saturated carbocycles. The minimum atomic E-state index is -2.40. The van der Waals surface area contributed by atoms with Crippen LogP contribution in [0.1, 0.15) is 0 Å². The van der Waals surface area contributed by atoms with Gasteiger partial charge in [0.2, 0.25) is 0 Å². The van der Waals surface area contributed by atoms with E-state index < -0.39 is 5.76 Å². The zero-order valence-corrected chi connectivity index (χ0v) is 11.7. The Bertz CT molecular complexity index is 713. The van der Waals surface area contributed by atoms with Crippen molar-refractivity contribution in [2.24, 2.45) is 0 Å².